The quantitative estimate of drug-likeness (QED) is 0.221. The number of amides is 1. The van der Waals surface area contributed by atoms with Crippen molar-refractivity contribution in [3.63, 3.8) is 0 Å². The Balaban J connectivity index is 0.000000349. The van der Waals surface area contributed by atoms with Gasteiger partial charge in [-0.25, -0.2) is 4.79 Å². The van der Waals surface area contributed by atoms with Crippen molar-refractivity contribution >= 4 is 30.4 Å². The molecule has 0 atom stereocenters. The van der Waals surface area contributed by atoms with Crippen LogP contribution in [0.15, 0.2) is 30.3 Å². The lowest BCUT2D eigenvalue weighted by Gasteiger charge is -2.37. The molecule has 2 aliphatic heterocycles. The van der Waals surface area contributed by atoms with Gasteiger partial charge in [0.2, 0.25) is 0 Å². The van der Waals surface area contributed by atoms with Crippen molar-refractivity contribution in [2.24, 2.45) is 5.73 Å². The van der Waals surface area contributed by atoms with Crippen LogP contribution in [-0.2, 0) is 11.2 Å². The first-order valence-corrected chi connectivity index (χ1v) is 10.6. The van der Waals surface area contributed by atoms with Gasteiger partial charge >= 0.3 is 6.09 Å². The lowest BCUT2D eigenvalue weighted by atomic mass is 9.91. The average Bonchev–Trinajstić information content (AvgIpc) is 3.09. The maximum absolute atomic E-state index is 11.2. The number of nitrogens with two attached hydrogens (primary N) is 1. The molecule has 2 heterocycles. The van der Waals surface area contributed by atoms with E-state index in [1.54, 1.807) is 0 Å². The van der Waals surface area contributed by atoms with Gasteiger partial charge in [0.25, 0.3) is 0 Å². The fourth-order valence-electron chi connectivity index (χ4n) is 3.47. The zero-order chi connectivity index (χ0) is 21.8. The van der Waals surface area contributed by atoms with Crippen LogP contribution < -0.4 is 21.7 Å². The molecule has 3 rings (SSSR count). The van der Waals surface area contributed by atoms with Gasteiger partial charge < -0.3 is 26.0 Å². The number of nitrogens with zero attached hydrogens (tertiary/aromatic N) is 1. The van der Waals surface area contributed by atoms with Crippen LogP contribution in [0.3, 0.4) is 0 Å². The van der Waals surface area contributed by atoms with E-state index in [9.17, 15) is 4.79 Å². The Morgan fingerprint density at radius 3 is 2.48 bits per heavy atom. The smallest absolute Gasteiger partial charge is 0.407 e. The van der Waals surface area contributed by atoms with Crippen molar-refractivity contribution in [1.82, 2.24) is 20.9 Å². The van der Waals surface area contributed by atoms with Crippen LogP contribution in [0, 0.1) is 10.8 Å². The van der Waals surface area contributed by atoms with Gasteiger partial charge in [-0.1, -0.05) is 43.7 Å². The molecule has 2 fully saturated rings. The summed E-state index contributed by atoms with van der Waals surface area (Å²) >= 11 is 0. The molecule has 9 nitrogen and oxygen atoms in total. The normalized spacial score (nSPS) is 16.7. The molecule has 174 valence electrons. The molecule has 2 saturated heterocycles. The summed E-state index contributed by atoms with van der Waals surface area (Å²) in [6, 6.07) is 10.6. The first-order chi connectivity index (χ1) is 14.4. The Bertz CT molecular complexity index is 694. The Labute approximate surface area is 190 Å². The number of nitrogens with one attached hydrogen (secondary N) is 5. The molecule has 1 spiro atoms. The lowest BCUT2D eigenvalue weighted by molar-refractivity contribution is 0.00123. The topological polar surface area (TPSA) is 139 Å². The molecule has 31 heavy (non-hydrogen) atoms. The third-order valence-corrected chi connectivity index (χ3v) is 5.28. The first-order valence-electron chi connectivity index (χ1n) is 10.6. The van der Waals surface area contributed by atoms with Crippen LogP contribution in [0.4, 0.5) is 4.79 Å². The first kappa shape index (κ1) is 26.5. The minimum atomic E-state index is -0.252. The summed E-state index contributed by atoms with van der Waals surface area (Å²) in [5, 5.41) is 21.8. The molecule has 0 bridgehead atoms. The van der Waals surface area contributed by atoms with E-state index in [0.717, 1.165) is 58.3 Å². The summed E-state index contributed by atoms with van der Waals surface area (Å²) < 4.78 is 5.42. The number of halogens is 1. The van der Waals surface area contributed by atoms with E-state index in [0.29, 0.717) is 6.54 Å². The highest BCUT2D eigenvalue weighted by molar-refractivity contribution is 5.94. The van der Waals surface area contributed by atoms with E-state index in [1.165, 1.54) is 5.56 Å². The highest BCUT2D eigenvalue weighted by atomic mass is 35.5. The van der Waals surface area contributed by atoms with E-state index < -0.39 is 0 Å². The fraction of sp³-hybridized carbons (Fsp3) is 0.571. The molecular weight excluding hydrogens is 418 g/mol. The van der Waals surface area contributed by atoms with Crippen molar-refractivity contribution in [3.05, 3.63) is 35.9 Å². The van der Waals surface area contributed by atoms with Gasteiger partial charge in [-0.15, -0.1) is 12.4 Å². The number of piperidine rings is 1. The van der Waals surface area contributed by atoms with E-state index in [-0.39, 0.29) is 36.0 Å². The minimum Gasteiger partial charge on any atom is -0.441 e. The van der Waals surface area contributed by atoms with Crippen molar-refractivity contribution in [2.45, 2.75) is 44.6 Å². The number of carbonyl (C=O) groups is 1. The third-order valence-electron chi connectivity index (χ3n) is 5.28. The van der Waals surface area contributed by atoms with Crippen LogP contribution in [0.2, 0.25) is 0 Å². The number of benzene rings is 1. The maximum atomic E-state index is 11.2. The molecule has 0 aliphatic carbocycles. The van der Waals surface area contributed by atoms with E-state index in [4.69, 9.17) is 21.3 Å². The third kappa shape index (κ3) is 9.89. The number of unbranched alkanes of at least 4 members (excludes halogenated alkanes) is 1. The number of ether oxygens (including phenoxy) is 1. The van der Waals surface area contributed by atoms with E-state index >= 15 is 0 Å². The second kappa shape index (κ2) is 13.7. The Morgan fingerprint density at radius 2 is 1.94 bits per heavy atom. The summed E-state index contributed by atoms with van der Waals surface area (Å²) in [6.07, 6.45) is 4.83. The molecule has 2 aliphatic rings. The number of hydrogen-bond acceptors (Lipinski definition) is 5. The number of likely N-dealkylation sites (tertiary alicyclic amines) is 1. The predicted molar refractivity (Wildman–Crippen MR) is 126 cm³/mol. The number of guanidine groups is 2. The molecule has 10 heteroatoms. The highest BCUT2D eigenvalue weighted by Gasteiger charge is 2.42. The van der Waals surface area contributed by atoms with Gasteiger partial charge in [0.05, 0.1) is 6.54 Å². The van der Waals surface area contributed by atoms with Crippen molar-refractivity contribution in [3.8, 4) is 0 Å². The van der Waals surface area contributed by atoms with Crippen LogP contribution in [-0.4, -0.2) is 61.2 Å². The zero-order valence-corrected chi connectivity index (χ0v) is 19.0. The van der Waals surface area contributed by atoms with Crippen LogP contribution in [0.5, 0.6) is 0 Å². The summed E-state index contributed by atoms with van der Waals surface area (Å²) in [5.74, 6) is -0.120. The fourth-order valence-corrected chi connectivity index (χ4v) is 3.47. The summed E-state index contributed by atoms with van der Waals surface area (Å²) in [6.45, 7) is 6.61. The van der Waals surface area contributed by atoms with Gasteiger partial charge in [0.1, 0.15) is 5.60 Å². The van der Waals surface area contributed by atoms with Gasteiger partial charge in [0.15, 0.2) is 11.9 Å². The summed E-state index contributed by atoms with van der Waals surface area (Å²) in [4.78, 5) is 13.6. The summed E-state index contributed by atoms with van der Waals surface area (Å²) in [7, 11) is 0. The van der Waals surface area contributed by atoms with Gasteiger partial charge in [-0.3, -0.25) is 16.1 Å². The summed E-state index contributed by atoms with van der Waals surface area (Å²) in [5.41, 5.74) is 6.15. The van der Waals surface area contributed by atoms with Gasteiger partial charge in [-0.05, 0) is 18.4 Å². The largest absolute Gasteiger partial charge is 0.441 e. The number of alkyl carbamates (subject to hydrolysis) is 1. The molecule has 0 saturated carbocycles. The second-order valence-electron chi connectivity index (χ2n) is 7.70. The Morgan fingerprint density at radius 1 is 1.26 bits per heavy atom. The maximum Gasteiger partial charge on any atom is 0.407 e. The predicted octanol–water partition coefficient (Wildman–Crippen LogP) is 2.02. The Kier molecular flexibility index (Phi) is 11.7. The van der Waals surface area contributed by atoms with Crippen molar-refractivity contribution in [1.29, 1.82) is 10.8 Å². The molecule has 1 aromatic rings. The van der Waals surface area contributed by atoms with E-state index in [1.807, 2.05) is 0 Å². The molecule has 0 aromatic heterocycles. The second-order valence-corrected chi connectivity index (χ2v) is 7.70. The molecule has 0 radical (unpaired) electrons. The number of carbonyl (C=O) groups excluding carboxylic acids is 1. The SMILES string of the molecule is CCCCNC(=N)NC(=N)N.Cl.O=C1NCC2(CCN(CCc3ccccc3)CC2)O1. The number of rotatable bonds is 6. The molecular formula is C21H36ClN7O2. The van der Waals surface area contributed by atoms with E-state index in [2.05, 4.69) is 58.1 Å². The highest BCUT2D eigenvalue weighted by Crippen LogP contribution is 2.29. The van der Waals surface area contributed by atoms with Crippen molar-refractivity contribution in [2.75, 3.05) is 32.7 Å². The molecule has 1 amide bonds. The zero-order valence-electron chi connectivity index (χ0n) is 18.2. The Hall–Kier alpha value is -2.52. The lowest BCUT2D eigenvalue weighted by Crippen LogP contribution is -2.47. The van der Waals surface area contributed by atoms with Gasteiger partial charge in [0, 0.05) is 39.0 Å². The molecule has 1 aromatic carbocycles. The van der Waals surface area contributed by atoms with Gasteiger partial charge in [-0.2, -0.15) is 0 Å². The van der Waals surface area contributed by atoms with Crippen LogP contribution in [0.1, 0.15) is 38.2 Å². The monoisotopic (exact) mass is 453 g/mol. The minimum absolute atomic E-state index is 0. The average molecular weight is 454 g/mol. The number of hydrogen-bond donors (Lipinski definition) is 6. The van der Waals surface area contributed by atoms with Crippen LogP contribution >= 0.6 is 12.4 Å². The molecule has 0 unspecified atom stereocenters. The van der Waals surface area contributed by atoms with Crippen molar-refractivity contribution < 1.29 is 9.53 Å². The molecule has 7 N–H and O–H groups in total. The van der Waals surface area contributed by atoms with Crippen LogP contribution in [0.25, 0.3) is 0 Å². The standard InChI is InChI=1S/C15H20N2O2.C6H15N5.ClH/c18-14-16-12-15(19-14)7-10-17(11-8-15)9-6-13-4-2-1-3-5-13;1-2-3-4-10-6(9)11-5(7)8;/h1-5H,6-12H2,(H,16,18);2-4H2,1H3,(H6,7,8,9,10,11);1H.